The van der Waals surface area contributed by atoms with Crippen molar-refractivity contribution < 1.29 is 9.13 Å². The number of benzene rings is 2. The number of anilines is 1. The lowest BCUT2D eigenvalue weighted by atomic mass is 10.1. The van der Waals surface area contributed by atoms with Gasteiger partial charge in [-0.25, -0.2) is 4.39 Å². The van der Waals surface area contributed by atoms with Gasteiger partial charge in [-0.2, -0.15) is 0 Å². The minimum Gasteiger partial charge on any atom is -0.494 e. The van der Waals surface area contributed by atoms with Crippen molar-refractivity contribution in [2.45, 2.75) is 13.0 Å². The van der Waals surface area contributed by atoms with Gasteiger partial charge in [0.2, 0.25) is 0 Å². The van der Waals surface area contributed by atoms with Crippen LogP contribution in [-0.4, -0.2) is 17.2 Å². The topological polar surface area (TPSA) is 46.2 Å². The van der Waals surface area contributed by atoms with Gasteiger partial charge in [0.05, 0.1) is 13.2 Å². The molecular formula is C19H18FN3OS. The van der Waals surface area contributed by atoms with Crippen LogP contribution >= 0.6 is 12.2 Å². The monoisotopic (exact) mass is 355 g/mol. The van der Waals surface area contributed by atoms with Crippen molar-refractivity contribution in [3.63, 3.8) is 0 Å². The number of thiocarbonyl (C=S) groups is 1. The molecule has 0 saturated carbocycles. The second-order valence-corrected chi connectivity index (χ2v) is 5.99. The average Bonchev–Trinajstić information content (AvgIpc) is 2.62. The third kappa shape index (κ3) is 3.85. The second kappa shape index (κ2) is 7.44. The number of aromatic nitrogens is 1. The molecule has 1 atom stereocenters. The molecule has 0 bridgehead atoms. The van der Waals surface area contributed by atoms with E-state index in [0.29, 0.717) is 10.9 Å². The van der Waals surface area contributed by atoms with Crippen LogP contribution in [0.15, 0.2) is 54.7 Å². The SMILES string of the molecule is COc1ccc(NC(=S)N[C@@H](C)c2ccc(F)cc2)c2cccnc12. The Labute approximate surface area is 151 Å². The number of rotatable bonds is 4. The van der Waals surface area contributed by atoms with Crippen molar-refractivity contribution in [2.24, 2.45) is 0 Å². The summed E-state index contributed by atoms with van der Waals surface area (Å²) in [4.78, 5) is 4.37. The fourth-order valence-corrected chi connectivity index (χ4v) is 2.90. The second-order valence-electron chi connectivity index (χ2n) is 5.59. The average molecular weight is 355 g/mol. The maximum atomic E-state index is 13.0. The Hall–Kier alpha value is -2.73. The molecule has 0 spiro atoms. The van der Waals surface area contributed by atoms with E-state index in [1.807, 2.05) is 31.2 Å². The predicted molar refractivity (Wildman–Crippen MR) is 102 cm³/mol. The highest BCUT2D eigenvalue weighted by Gasteiger charge is 2.11. The van der Waals surface area contributed by atoms with E-state index in [2.05, 4.69) is 15.6 Å². The number of ether oxygens (including phenoxy) is 1. The van der Waals surface area contributed by atoms with Crippen LogP contribution in [0.2, 0.25) is 0 Å². The Morgan fingerprint density at radius 2 is 1.92 bits per heavy atom. The highest BCUT2D eigenvalue weighted by molar-refractivity contribution is 7.80. The summed E-state index contributed by atoms with van der Waals surface area (Å²) in [6.07, 6.45) is 1.72. The van der Waals surface area contributed by atoms with E-state index in [0.717, 1.165) is 22.2 Å². The Morgan fingerprint density at radius 3 is 2.64 bits per heavy atom. The zero-order chi connectivity index (χ0) is 17.8. The Morgan fingerprint density at radius 1 is 1.16 bits per heavy atom. The molecule has 4 nitrogen and oxygen atoms in total. The molecule has 25 heavy (non-hydrogen) atoms. The third-order valence-corrected chi connectivity index (χ3v) is 4.14. The van der Waals surface area contributed by atoms with Gasteiger partial charge < -0.3 is 15.4 Å². The molecular weight excluding hydrogens is 337 g/mol. The first kappa shape index (κ1) is 17.1. The first-order valence-corrected chi connectivity index (χ1v) is 8.24. The number of pyridine rings is 1. The standard InChI is InChI=1S/C19H18FN3OS/c1-12(13-5-7-14(20)8-6-13)22-19(25)23-16-9-10-17(24-2)18-15(16)4-3-11-21-18/h3-12H,1-2H3,(H2,22,23,25)/t12-/m0/s1. The first-order valence-electron chi connectivity index (χ1n) is 7.83. The summed E-state index contributed by atoms with van der Waals surface area (Å²) in [6, 6.07) is 13.9. The van der Waals surface area contributed by atoms with Crippen LogP contribution in [0.3, 0.4) is 0 Å². The Bertz CT molecular complexity index is 899. The lowest BCUT2D eigenvalue weighted by Crippen LogP contribution is -2.31. The molecule has 6 heteroatoms. The lowest BCUT2D eigenvalue weighted by Gasteiger charge is -2.18. The third-order valence-electron chi connectivity index (χ3n) is 3.92. The van der Waals surface area contributed by atoms with E-state index in [9.17, 15) is 4.39 Å². The number of nitrogens with one attached hydrogen (secondary N) is 2. The van der Waals surface area contributed by atoms with Crippen molar-refractivity contribution in [3.05, 3.63) is 66.1 Å². The summed E-state index contributed by atoms with van der Waals surface area (Å²) < 4.78 is 18.4. The molecule has 3 aromatic rings. The molecule has 128 valence electrons. The summed E-state index contributed by atoms with van der Waals surface area (Å²) in [6.45, 7) is 1.97. The predicted octanol–water partition coefficient (Wildman–Crippen LogP) is 4.43. The van der Waals surface area contributed by atoms with Crippen LogP contribution in [-0.2, 0) is 0 Å². The minimum absolute atomic E-state index is 0.0526. The molecule has 2 N–H and O–H groups in total. The molecule has 0 amide bonds. The molecule has 0 aliphatic carbocycles. The van der Waals surface area contributed by atoms with Crippen LogP contribution in [0.25, 0.3) is 10.9 Å². The fraction of sp³-hybridized carbons (Fsp3) is 0.158. The number of fused-ring (bicyclic) bond motifs is 1. The van der Waals surface area contributed by atoms with Gasteiger partial charge in [-0.05, 0) is 61.1 Å². The Kier molecular flexibility index (Phi) is 5.09. The maximum absolute atomic E-state index is 13.0. The van der Waals surface area contributed by atoms with Gasteiger partial charge in [-0.1, -0.05) is 12.1 Å². The minimum atomic E-state index is -0.256. The number of hydrogen-bond donors (Lipinski definition) is 2. The van der Waals surface area contributed by atoms with Gasteiger partial charge in [0, 0.05) is 17.3 Å². The highest BCUT2D eigenvalue weighted by atomic mass is 32.1. The lowest BCUT2D eigenvalue weighted by molar-refractivity contribution is 0.419. The highest BCUT2D eigenvalue weighted by Crippen LogP contribution is 2.29. The van der Waals surface area contributed by atoms with Gasteiger partial charge in [-0.15, -0.1) is 0 Å². The Balaban J connectivity index is 1.77. The van der Waals surface area contributed by atoms with Gasteiger partial charge in [0.1, 0.15) is 17.1 Å². The van der Waals surface area contributed by atoms with Crippen LogP contribution < -0.4 is 15.4 Å². The van der Waals surface area contributed by atoms with Gasteiger partial charge in [0.25, 0.3) is 0 Å². The smallest absolute Gasteiger partial charge is 0.171 e. The van der Waals surface area contributed by atoms with Gasteiger partial charge >= 0.3 is 0 Å². The maximum Gasteiger partial charge on any atom is 0.171 e. The van der Waals surface area contributed by atoms with Crippen LogP contribution in [0.5, 0.6) is 5.75 Å². The summed E-state index contributed by atoms with van der Waals surface area (Å²) in [5, 5.41) is 7.80. The van der Waals surface area contributed by atoms with Gasteiger partial charge in [-0.3, -0.25) is 4.98 Å². The number of methoxy groups -OCH3 is 1. The summed E-state index contributed by atoms with van der Waals surface area (Å²) >= 11 is 5.41. The van der Waals surface area contributed by atoms with Crippen molar-refractivity contribution in [2.75, 3.05) is 12.4 Å². The van der Waals surface area contributed by atoms with E-state index in [-0.39, 0.29) is 11.9 Å². The summed E-state index contributed by atoms with van der Waals surface area (Å²) in [5.41, 5.74) is 2.56. The van der Waals surface area contributed by atoms with Crippen LogP contribution in [0.1, 0.15) is 18.5 Å². The number of hydrogen-bond acceptors (Lipinski definition) is 3. The van der Waals surface area contributed by atoms with Crippen molar-refractivity contribution in [1.29, 1.82) is 0 Å². The van der Waals surface area contributed by atoms with Crippen LogP contribution in [0.4, 0.5) is 10.1 Å². The van der Waals surface area contributed by atoms with E-state index >= 15 is 0 Å². The summed E-state index contributed by atoms with van der Waals surface area (Å²) in [5.74, 6) is 0.452. The number of nitrogens with zero attached hydrogens (tertiary/aromatic N) is 1. The molecule has 0 aliphatic rings. The normalized spacial score (nSPS) is 11.8. The summed E-state index contributed by atoms with van der Waals surface area (Å²) in [7, 11) is 1.62. The van der Waals surface area contributed by atoms with Crippen molar-refractivity contribution >= 4 is 33.9 Å². The quantitative estimate of drug-likeness (QED) is 0.678. The molecule has 2 aromatic carbocycles. The largest absolute Gasteiger partial charge is 0.494 e. The molecule has 0 fully saturated rings. The first-order chi connectivity index (χ1) is 12.1. The van der Waals surface area contributed by atoms with E-state index in [1.54, 1.807) is 25.4 Å². The molecule has 1 aromatic heterocycles. The molecule has 0 unspecified atom stereocenters. The number of halogens is 1. The van der Waals surface area contributed by atoms with Crippen molar-refractivity contribution in [1.82, 2.24) is 10.3 Å². The van der Waals surface area contributed by atoms with E-state index in [1.165, 1.54) is 12.1 Å². The molecule has 0 radical (unpaired) electrons. The van der Waals surface area contributed by atoms with Gasteiger partial charge in [0.15, 0.2) is 5.11 Å². The molecule has 1 heterocycles. The molecule has 0 saturated heterocycles. The fourth-order valence-electron chi connectivity index (χ4n) is 2.61. The molecule has 0 aliphatic heterocycles. The molecule has 3 rings (SSSR count). The van der Waals surface area contributed by atoms with E-state index < -0.39 is 0 Å². The van der Waals surface area contributed by atoms with Crippen LogP contribution in [0, 0.1) is 5.82 Å². The zero-order valence-corrected chi connectivity index (χ0v) is 14.7. The zero-order valence-electron chi connectivity index (χ0n) is 13.9. The van der Waals surface area contributed by atoms with Crippen molar-refractivity contribution in [3.8, 4) is 5.75 Å². The van der Waals surface area contributed by atoms with E-state index in [4.69, 9.17) is 17.0 Å².